The Morgan fingerprint density at radius 1 is 1.08 bits per heavy atom. The van der Waals surface area contributed by atoms with Gasteiger partial charge in [0.15, 0.2) is 11.4 Å². The third kappa shape index (κ3) is 6.29. The number of aryl methyl sites for hydroxylation is 1. The summed E-state index contributed by atoms with van der Waals surface area (Å²) in [5.74, 6) is 0.214. The van der Waals surface area contributed by atoms with Crippen molar-refractivity contribution in [1.29, 1.82) is 0 Å². The van der Waals surface area contributed by atoms with Crippen LogP contribution in [0.2, 0.25) is 0 Å². The average molecular weight is 512 g/mol. The molecule has 1 fully saturated rings. The van der Waals surface area contributed by atoms with Crippen LogP contribution >= 0.6 is 0 Å². The second kappa shape index (κ2) is 11.0. The molecule has 3 heterocycles. The maximum atomic E-state index is 13.0. The van der Waals surface area contributed by atoms with Crippen LogP contribution in [0.5, 0.6) is 29.6 Å². The number of anilines is 1. The Kier molecular flexibility index (Phi) is 7.82. The number of hydrogen-bond acceptors (Lipinski definition) is 10. The lowest BCUT2D eigenvalue weighted by Gasteiger charge is -2.23. The van der Waals surface area contributed by atoms with Crippen molar-refractivity contribution in [1.82, 2.24) is 20.3 Å². The standard InChI is InChI=1S/C26H33N5O6/c1-15-7-8-16(26(2,3)4)13-19(15)37-25-28-18(14-35-25)21(32)29-20-22(33-5)30-24(31-23(20)34-6)36-17-9-11-27-12-10-17/h7-8,13-14,17,27H,9-12H2,1-6H3,(H,29,32). The predicted octanol–water partition coefficient (Wildman–Crippen LogP) is 4.26. The molecule has 198 valence electrons. The first-order valence-electron chi connectivity index (χ1n) is 12.1. The topological polar surface area (TPSA) is 130 Å². The molecule has 1 aliphatic rings. The monoisotopic (exact) mass is 511 g/mol. The number of aromatic nitrogens is 3. The molecule has 0 saturated carbocycles. The van der Waals surface area contributed by atoms with Gasteiger partial charge in [0.1, 0.15) is 18.1 Å². The van der Waals surface area contributed by atoms with Crippen molar-refractivity contribution in [2.75, 3.05) is 32.6 Å². The van der Waals surface area contributed by atoms with Crippen molar-refractivity contribution < 1.29 is 28.2 Å². The van der Waals surface area contributed by atoms with Crippen LogP contribution in [0, 0.1) is 6.92 Å². The summed E-state index contributed by atoms with van der Waals surface area (Å²) in [6.07, 6.45) is 2.81. The maximum Gasteiger partial charge on any atom is 0.399 e. The molecule has 0 radical (unpaired) electrons. The van der Waals surface area contributed by atoms with Gasteiger partial charge in [-0.05, 0) is 55.5 Å². The molecular formula is C26H33N5O6. The first-order chi connectivity index (χ1) is 17.7. The number of hydrogen-bond donors (Lipinski definition) is 2. The van der Waals surface area contributed by atoms with Gasteiger partial charge in [0, 0.05) is 0 Å². The number of amides is 1. The minimum absolute atomic E-state index is 0.00114. The van der Waals surface area contributed by atoms with E-state index in [4.69, 9.17) is 23.4 Å². The Hall–Kier alpha value is -3.86. The van der Waals surface area contributed by atoms with Gasteiger partial charge in [-0.1, -0.05) is 32.9 Å². The number of carbonyl (C=O) groups excluding carboxylic acids is 1. The largest absolute Gasteiger partial charge is 0.479 e. The molecule has 2 aromatic heterocycles. The third-order valence-corrected chi connectivity index (χ3v) is 5.97. The molecule has 3 aromatic rings. The second-order valence-electron chi connectivity index (χ2n) is 9.75. The summed E-state index contributed by atoms with van der Waals surface area (Å²) in [7, 11) is 2.86. The molecule has 0 unspecified atom stereocenters. The molecule has 0 spiro atoms. The molecule has 1 amide bonds. The van der Waals surface area contributed by atoms with E-state index in [0.717, 1.165) is 37.1 Å². The predicted molar refractivity (Wildman–Crippen MR) is 136 cm³/mol. The number of benzene rings is 1. The van der Waals surface area contributed by atoms with E-state index in [0.29, 0.717) is 5.75 Å². The summed E-state index contributed by atoms with van der Waals surface area (Å²) in [4.78, 5) is 25.8. The zero-order valence-electron chi connectivity index (χ0n) is 22.0. The number of carbonyl (C=O) groups is 1. The van der Waals surface area contributed by atoms with Crippen molar-refractivity contribution in [2.24, 2.45) is 0 Å². The molecule has 1 aromatic carbocycles. The quantitative estimate of drug-likeness (QED) is 0.452. The van der Waals surface area contributed by atoms with Gasteiger partial charge in [-0.3, -0.25) is 4.79 Å². The van der Waals surface area contributed by atoms with E-state index < -0.39 is 5.91 Å². The minimum Gasteiger partial charge on any atom is -0.479 e. The van der Waals surface area contributed by atoms with Gasteiger partial charge in [-0.25, -0.2) is 0 Å². The van der Waals surface area contributed by atoms with Gasteiger partial charge < -0.3 is 34.0 Å². The zero-order chi connectivity index (χ0) is 26.6. The van der Waals surface area contributed by atoms with Crippen molar-refractivity contribution in [3.8, 4) is 29.6 Å². The van der Waals surface area contributed by atoms with Crippen molar-refractivity contribution >= 4 is 11.6 Å². The summed E-state index contributed by atoms with van der Waals surface area (Å²) in [6.45, 7) is 10.00. The summed E-state index contributed by atoms with van der Waals surface area (Å²) >= 11 is 0. The van der Waals surface area contributed by atoms with Gasteiger partial charge in [0.25, 0.3) is 5.91 Å². The Balaban J connectivity index is 1.50. The number of oxazole rings is 1. The van der Waals surface area contributed by atoms with Crippen molar-refractivity contribution in [3.05, 3.63) is 41.3 Å². The van der Waals surface area contributed by atoms with Crippen LogP contribution < -0.4 is 29.6 Å². The van der Waals surface area contributed by atoms with Crippen LogP contribution in [0.1, 0.15) is 55.2 Å². The number of methoxy groups -OCH3 is 2. The zero-order valence-corrected chi connectivity index (χ0v) is 22.0. The summed E-state index contributed by atoms with van der Waals surface area (Å²) < 4.78 is 27.9. The molecule has 4 rings (SSSR count). The highest BCUT2D eigenvalue weighted by Gasteiger charge is 2.24. The maximum absolute atomic E-state index is 13.0. The molecular weight excluding hydrogens is 478 g/mol. The van der Waals surface area contributed by atoms with Gasteiger partial charge >= 0.3 is 12.1 Å². The molecule has 1 saturated heterocycles. The Morgan fingerprint density at radius 2 is 1.76 bits per heavy atom. The normalized spacial score (nSPS) is 14.2. The Morgan fingerprint density at radius 3 is 2.38 bits per heavy atom. The van der Waals surface area contributed by atoms with E-state index in [2.05, 4.69) is 52.4 Å². The minimum atomic E-state index is -0.578. The average Bonchev–Trinajstić information content (AvgIpc) is 3.34. The lowest BCUT2D eigenvalue weighted by Crippen LogP contribution is -2.34. The van der Waals surface area contributed by atoms with E-state index in [1.54, 1.807) is 0 Å². The number of rotatable bonds is 8. The summed E-state index contributed by atoms with van der Waals surface area (Å²) in [5.41, 5.74) is 2.10. The lowest BCUT2D eigenvalue weighted by atomic mass is 9.86. The SMILES string of the molecule is COc1nc(OC2CCNCC2)nc(OC)c1NC(=O)c1coc(Oc2cc(C(C)(C)C)ccc2C)n1. The number of piperidine rings is 1. The van der Waals surface area contributed by atoms with Gasteiger partial charge in [0.2, 0.25) is 11.8 Å². The highest BCUT2D eigenvalue weighted by atomic mass is 16.6. The van der Waals surface area contributed by atoms with E-state index in [9.17, 15) is 4.79 Å². The van der Waals surface area contributed by atoms with E-state index in [-0.39, 0.29) is 46.7 Å². The fraction of sp³-hybridized carbons (Fsp3) is 0.462. The van der Waals surface area contributed by atoms with E-state index in [1.165, 1.54) is 20.5 Å². The first kappa shape index (κ1) is 26.2. The van der Waals surface area contributed by atoms with Crippen LogP contribution in [-0.4, -0.2) is 54.3 Å². The molecule has 0 aliphatic carbocycles. The highest BCUT2D eigenvalue weighted by Crippen LogP contribution is 2.35. The molecule has 0 bridgehead atoms. The second-order valence-corrected chi connectivity index (χ2v) is 9.75. The smallest absolute Gasteiger partial charge is 0.399 e. The molecule has 11 heteroatoms. The van der Waals surface area contributed by atoms with Crippen molar-refractivity contribution in [3.63, 3.8) is 0 Å². The Labute approximate surface area is 215 Å². The highest BCUT2D eigenvalue weighted by molar-refractivity contribution is 6.04. The van der Waals surface area contributed by atoms with Crippen LogP contribution in [0.15, 0.2) is 28.9 Å². The molecule has 1 aliphatic heterocycles. The first-order valence-corrected chi connectivity index (χ1v) is 12.1. The molecule has 0 atom stereocenters. The number of ether oxygens (including phenoxy) is 4. The third-order valence-electron chi connectivity index (χ3n) is 5.97. The van der Waals surface area contributed by atoms with Crippen LogP contribution in [0.25, 0.3) is 0 Å². The van der Waals surface area contributed by atoms with Gasteiger partial charge in [-0.15, -0.1) is 0 Å². The summed E-state index contributed by atoms with van der Waals surface area (Å²) in [6, 6.07) is 6.09. The van der Waals surface area contributed by atoms with Gasteiger partial charge in [-0.2, -0.15) is 15.0 Å². The van der Waals surface area contributed by atoms with Crippen LogP contribution in [0.4, 0.5) is 5.69 Å². The fourth-order valence-corrected chi connectivity index (χ4v) is 3.78. The van der Waals surface area contributed by atoms with E-state index in [1.807, 2.05) is 19.1 Å². The number of nitrogens with one attached hydrogen (secondary N) is 2. The van der Waals surface area contributed by atoms with Crippen LogP contribution in [0.3, 0.4) is 0 Å². The molecule has 37 heavy (non-hydrogen) atoms. The summed E-state index contributed by atoms with van der Waals surface area (Å²) in [5, 5.41) is 5.97. The van der Waals surface area contributed by atoms with Crippen LogP contribution in [-0.2, 0) is 5.41 Å². The van der Waals surface area contributed by atoms with Crippen molar-refractivity contribution in [2.45, 2.75) is 52.1 Å². The van der Waals surface area contributed by atoms with E-state index >= 15 is 0 Å². The Bertz CT molecular complexity index is 1220. The molecule has 2 N–H and O–H groups in total. The lowest BCUT2D eigenvalue weighted by molar-refractivity contribution is 0.102. The molecule has 11 nitrogen and oxygen atoms in total. The van der Waals surface area contributed by atoms with Gasteiger partial charge in [0.05, 0.1) is 14.2 Å². The fourth-order valence-electron chi connectivity index (χ4n) is 3.78. The number of nitrogens with zero attached hydrogens (tertiary/aromatic N) is 3.